The van der Waals surface area contributed by atoms with Crippen molar-refractivity contribution in [3.8, 4) is 0 Å². The number of aliphatic carboxylic acids is 1. The Hall–Kier alpha value is -3.48. The molecule has 0 aromatic heterocycles. The number of carbonyl (C=O) groups excluding carboxylic acids is 2. The lowest BCUT2D eigenvalue weighted by Crippen LogP contribution is -2.56. The fourth-order valence-electron chi connectivity index (χ4n) is 3.79. The quantitative estimate of drug-likeness (QED) is 0.351. The molecule has 7 nitrogen and oxygen atoms in total. The van der Waals surface area contributed by atoms with E-state index in [1.54, 1.807) is 6.08 Å². The minimum atomic E-state index is -1.79. The molecule has 0 aliphatic heterocycles. The Morgan fingerprint density at radius 1 is 1.14 bits per heavy atom. The van der Waals surface area contributed by atoms with E-state index in [-0.39, 0.29) is 18.7 Å². The highest BCUT2D eigenvalue weighted by Crippen LogP contribution is 2.47. The summed E-state index contributed by atoms with van der Waals surface area (Å²) in [6.07, 6.45) is 2.10. The van der Waals surface area contributed by atoms with E-state index in [4.69, 9.17) is 0 Å². The molecule has 1 N–H and O–H groups in total. The highest BCUT2D eigenvalue weighted by molar-refractivity contribution is 6.02. The van der Waals surface area contributed by atoms with Gasteiger partial charge in [-0.05, 0) is 30.9 Å². The summed E-state index contributed by atoms with van der Waals surface area (Å²) in [5.74, 6) is -2.75. The van der Waals surface area contributed by atoms with E-state index < -0.39 is 28.1 Å². The van der Waals surface area contributed by atoms with E-state index in [2.05, 4.69) is 5.32 Å². The van der Waals surface area contributed by atoms with Gasteiger partial charge in [0.25, 0.3) is 5.69 Å². The van der Waals surface area contributed by atoms with Crippen LogP contribution in [0, 0.1) is 15.5 Å². The highest BCUT2D eigenvalue weighted by atomic mass is 16.6. The largest absolute Gasteiger partial charge is 0.549 e. The average Bonchev–Trinajstić information content (AvgIpc) is 2.72. The van der Waals surface area contributed by atoms with Crippen molar-refractivity contribution in [3.05, 3.63) is 87.5 Å². The highest BCUT2D eigenvalue weighted by Gasteiger charge is 2.48. The molecular weight excluding hydrogens is 372 g/mol. The lowest BCUT2D eigenvalue weighted by molar-refractivity contribution is -0.384. The van der Waals surface area contributed by atoms with Crippen LogP contribution in [0.1, 0.15) is 36.8 Å². The normalized spacial score (nSPS) is 21.1. The van der Waals surface area contributed by atoms with Crippen molar-refractivity contribution in [1.82, 2.24) is 5.32 Å². The molecule has 0 saturated carbocycles. The maximum Gasteiger partial charge on any atom is 0.269 e. The Bertz CT molecular complexity index is 953. The second-order valence-corrected chi connectivity index (χ2v) is 7.29. The number of non-ortho nitro benzene ring substituents is 1. The van der Waals surface area contributed by atoms with Crippen LogP contribution >= 0.6 is 0 Å². The monoisotopic (exact) mass is 393 g/mol. The number of hydrogen-bond acceptors (Lipinski definition) is 5. The van der Waals surface area contributed by atoms with Crippen molar-refractivity contribution >= 4 is 17.6 Å². The van der Waals surface area contributed by atoms with E-state index in [1.807, 2.05) is 37.3 Å². The van der Waals surface area contributed by atoms with Gasteiger partial charge in [-0.2, -0.15) is 0 Å². The van der Waals surface area contributed by atoms with Crippen molar-refractivity contribution in [3.63, 3.8) is 0 Å². The predicted molar refractivity (Wildman–Crippen MR) is 105 cm³/mol. The van der Waals surface area contributed by atoms with Crippen molar-refractivity contribution in [1.29, 1.82) is 0 Å². The van der Waals surface area contributed by atoms with E-state index >= 15 is 0 Å². The van der Waals surface area contributed by atoms with Crippen molar-refractivity contribution in [2.45, 2.75) is 32.2 Å². The van der Waals surface area contributed by atoms with Gasteiger partial charge < -0.3 is 15.2 Å². The summed E-state index contributed by atoms with van der Waals surface area (Å²) in [7, 11) is 0. The van der Waals surface area contributed by atoms with E-state index in [0.717, 1.165) is 11.1 Å². The Balaban J connectivity index is 1.95. The minimum Gasteiger partial charge on any atom is -0.549 e. The van der Waals surface area contributed by atoms with E-state index in [9.17, 15) is 24.8 Å². The molecule has 3 rings (SSSR count). The summed E-state index contributed by atoms with van der Waals surface area (Å²) in [5, 5.41) is 26.0. The summed E-state index contributed by atoms with van der Waals surface area (Å²) in [4.78, 5) is 35.8. The third-order valence-electron chi connectivity index (χ3n) is 5.47. The Labute approximate surface area is 168 Å². The van der Waals surface area contributed by atoms with Crippen LogP contribution in [0.2, 0.25) is 0 Å². The molecule has 0 spiro atoms. The first-order valence-electron chi connectivity index (χ1n) is 9.28. The number of hydrogen-bond donors (Lipinski definition) is 1. The number of nitrogens with zero attached hydrogens (tertiary/aromatic N) is 1. The molecule has 0 heterocycles. The van der Waals surface area contributed by atoms with Gasteiger partial charge in [0, 0.05) is 24.6 Å². The number of nitrogens with one attached hydrogen (secondary N) is 1. The predicted octanol–water partition coefficient (Wildman–Crippen LogP) is 2.47. The molecule has 29 heavy (non-hydrogen) atoms. The number of rotatable bonds is 6. The topological polar surface area (TPSA) is 112 Å². The zero-order chi connectivity index (χ0) is 21.0. The van der Waals surface area contributed by atoms with Gasteiger partial charge in [-0.15, -0.1) is 0 Å². The molecule has 0 fully saturated rings. The van der Waals surface area contributed by atoms with Gasteiger partial charge in [0.1, 0.15) is 0 Å². The maximum atomic E-state index is 13.1. The summed E-state index contributed by atoms with van der Waals surface area (Å²) in [6.45, 7) is 2.07. The number of nitro groups is 1. The van der Waals surface area contributed by atoms with Crippen LogP contribution in [-0.4, -0.2) is 16.8 Å². The Morgan fingerprint density at radius 2 is 1.79 bits per heavy atom. The van der Waals surface area contributed by atoms with Crippen LogP contribution in [0.4, 0.5) is 5.69 Å². The number of carbonyl (C=O) groups is 2. The van der Waals surface area contributed by atoms with Gasteiger partial charge in [-0.3, -0.25) is 14.9 Å². The molecule has 150 valence electrons. The second kappa shape index (κ2) is 8.26. The smallest absolute Gasteiger partial charge is 0.269 e. The van der Waals surface area contributed by atoms with Crippen LogP contribution in [-0.2, 0) is 16.1 Å². The molecular formula is C22H21N2O5-. The lowest BCUT2D eigenvalue weighted by atomic mass is 9.63. The Kier molecular flexibility index (Phi) is 5.77. The summed E-state index contributed by atoms with van der Waals surface area (Å²) in [5.41, 5.74) is 0.487. The Morgan fingerprint density at radius 3 is 2.38 bits per heavy atom. The van der Waals surface area contributed by atoms with Gasteiger partial charge in [-0.25, -0.2) is 0 Å². The third-order valence-corrected chi connectivity index (χ3v) is 5.47. The lowest BCUT2D eigenvalue weighted by Gasteiger charge is -2.43. The number of carboxylic acids is 1. The molecule has 0 unspecified atom stereocenters. The summed E-state index contributed by atoms with van der Waals surface area (Å²) in [6, 6.07) is 14.9. The molecule has 1 amide bonds. The molecule has 0 radical (unpaired) electrons. The SMILES string of the molecule is CC1=CC[C@@](C(=O)[O-])(C(=O)NCc2ccccc2)[C@H](c2ccc([N+](=O)[O-])cc2)C1. The van der Waals surface area contributed by atoms with Crippen LogP contribution in [0.15, 0.2) is 66.2 Å². The molecule has 1 aliphatic carbocycles. The number of benzene rings is 2. The van der Waals surface area contributed by atoms with Crippen molar-refractivity contribution in [2.24, 2.45) is 5.41 Å². The third kappa shape index (κ3) is 4.03. The first kappa shape index (κ1) is 20.3. The van der Waals surface area contributed by atoms with Crippen LogP contribution in [0.3, 0.4) is 0 Å². The van der Waals surface area contributed by atoms with Crippen LogP contribution < -0.4 is 10.4 Å². The van der Waals surface area contributed by atoms with Gasteiger partial charge >= 0.3 is 0 Å². The van der Waals surface area contributed by atoms with E-state index in [0.29, 0.717) is 12.0 Å². The minimum absolute atomic E-state index is 0.00342. The average molecular weight is 393 g/mol. The second-order valence-electron chi connectivity index (χ2n) is 7.29. The van der Waals surface area contributed by atoms with Crippen molar-refractivity contribution in [2.75, 3.05) is 0 Å². The molecule has 7 heteroatoms. The maximum absolute atomic E-state index is 13.1. The number of carboxylic acid groups (broad SMARTS) is 1. The number of allylic oxidation sites excluding steroid dienone is 2. The van der Waals surface area contributed by atoms with Gasteiger partial charge in [0.05, 0.1) is 16.3 Å². The molecule has 0 bridgehead atoms. The molecule has 2 atom stereocenters. The van der Waals surface area contributed by atoms with Gasteiger partial charge in [0.15, 0.2) is 0 Å². The number of amides is 1. The first-order chi connectivity index (χ1) is 13.8. The zero-order valence-corrected chi connectivity index (χ0v) is 16.0. The standard InChI is InChI=1S/C22H22N2O5/c1-15-11-12-22(21(26)27,20(25)23-14-16-5-3-2-4-6-16)19(13-15)17-7-9-18(10-8-17)24(28)29/h2-11,19H,12-14H2,1H3,(H,23,25)(H,26,27)/p-1/t19-,22-/m0/s1. The fraction of sp³-hybridized carbons (Fsp3) is 0.273. The first-order valence-corrected chi connectivity index (χ1v) is 9.28. The van der Waals surface area contributed by atoms with E-state index in [1.165, 1.54) is 24.3 Å². The molecule has 1 aliphatic rings. The summed E-state index contributed by atoms with van der Waals surface area (Å²) >= 11 is 0. The molecule has 2 aromatic carbocycles. The van der Waals surface area contributed by atoms with Crippen LogP contribution in [0.25, 0.3) is 0 Å². The fourth-order valence-corrected chi connectivity index (χ4v) is 3.79. The molecule has 0 saturated heterocycles. The van der Waals surface area contributed by atoms with Crippen LogP contribution in [0.5, 0.6) is 0 Å². The summed E-state index contributed by atoms with van der Waals surface area (Å²) < 4.78 is 0. The van der Waals surface area contributed by atoms with Gasteiger partial charge in [0.2, 0.25) is 5.91 Å². The van der Waals surface area contributed by atoms with Gasteiger partial charge in [-0.1, -0.05) is 54.1 Å². The zero-order valence-electron chi connectivity index (χ0n) is 16.0. The number of nitro benzene ring substituents is 1. The molecule has 2 aromatic rings. The van der Waals surface area contributed by atoms with Crippen molar-refractivity contribution < 1.29 is 19.6 Å².